The molecule has 0 bridgehead atoms. The third kappa shape index (κ3) is 5.03. The van der Waals surface area contributed by atoms with Crippen LogP contribution in [-0.2, 0) is 6.54 Å². The van der Waals surface area contributed by atoms with Gasteiger partial charge in [-0.25, -0.2) is 4.39 Å². The van der Waals surface area contributed by atoms with Gasteiger partial charge in [-0.1, -0.05) is 49.3 Å². The maximum Gasteiger partial charge on any atom is 0.128 e. The van der Waals surface area contributed by atoms with Gasteiger partial charge in [0.2, 0.25) is 0 Å². The van der Waals surface area contributed by atoms with E-state index in [1.165, 1.54) is 17.8 Å². The maximum absolute atomic E-state index is 14.1. The van der Waals surface area contributed by atoms with E-state index in [2.05, 4.69) is 19.2 Å². The second kappa shape index (κ2) is 7.83. The molecule has 0 heterocycles. The summed E-state index contributed by atoms with van der Waals surface area (Å²) < 4.78 is 14.1. The highest BCUT2D eigenvalue weighted by atomic mass is 35.5. The van der Waals surface area contributed by atoms with Crippen molar-refractivity contribution in [2.75, 3.05) is 6.54 Å². The number of hydrogen-bond acceptors (Lipinski definition) is 2. The average Bonchev–Trinajstić information content (AvgIpc) is 2.41. The quantitative estimate of drug-likeness (QED) is 0.766. The first-order valence-electron chi connectivity index (χ1n) is 6.98. The van der Waals surface area contributed by atoms with E-state index in [9.17, 15) is 4.39 Å². The van der Waals surface area contributed by atoms with Crippen LogP contribution in [0.25, 0.3) is 0 Å². The fourth-order valence-electron chi connectivity index (χ4n) is 1.95. The molecule has 1 N–H and O–H groups in total. The summed E-state index contributed by atoms with van der Waals surface area (Å²) in [5.74, 6) is 0.374. The van der Waals surface area contributed by atoms with Gasteiger partial charge in [-0.2, -0.15) is 0 Å². The first kappa shape index (κ1) is 16.3. The minimum Gasteiger partial charge on any atom is -0.312 e. The highest BCUT2D eigenvalue weighted by Gasteiger charge is 2.10. The molecule has 0 atom stereocenters. The van der Waals surface area contributed by atoms with E-state index in [0.29, 0.717) is 23.0 Å². The fourth-order valence-corrected chi connectivity index (χ4v) is 3.23. The van der Waals surface area contributed by atoms with Crippen LogP contribution in [0.3, 0.4) is 0 Å². The van der Waals surface area contributed by atoms with Crippen molar-refractivity contribution in [3.05, 3.63) is 58.9 Å². The average molecular weight is 324 g/mol. The molecule has 0 unspecified atom stereocenters. The Balaban J connectivity index is 2.16. The van der Waals surface area contributed by atoms with E-state index in [0.717, 1.165) is 16.3 Å². The molecule has 0 fully saturated rings. The Hall–Kier alpha value is -1.03. The molecule has 4 heteroatoms. The van der Waals surface area contributed by atoms with Crippen LogP contribution in [0.2, 0.25) is 5.02 Å². The van der Waals surface area contributed by atoms with E-state index in [1.54, 1.807) is 6.07 Å². The van der Waals surface area contributed by atoms with E-state index < -0.39 is 0 Å². The lowest BCUT2D eigenvalue weighted by atomic mass is 10.2. The Morgan fingerprint density at radius 2 is 1.95 bits per heavy atom. The molecule has 0 saturated carbocycles. The van der Waals surface area contributed by atoms with Crippen LogP contribution < -0.4 is 5.32 Å². The molecule has 0 spiro atoms. The van der Waals surface area contributed by atoms with E-state index in [1.807, 2.05) is 30.3 Å². The summed E-state index contributed by atoms with van der Waals surface area (Å²) >= 11 is 7.54. The Labute approximate surface area is 134 Å². The Bertz CT molecular complexity index is 601. The molecule has 0 aromatic heterocycles. The lowest BCUT2D eigenvalue weighted by Gasteiger charge is -2.12. The maximum atomic E-state index is 14.1. The van der Waals surface area contributed by atoms with Crippen molar-refractivity contribution in [3.8, 4) is 0 Å². The highest BCUT2D eigenvalue weighted by Crippen LogP contribution is 2.32. The molecule has 0 saturated heterocycles. The molecule has 2 aromatic rings. The minimum absolute atomic E-state index is 0.168. The van der Waals surface area contributed by atoms with Crippen molar-refractivity contribution in [1.82, 2.24) is 5.32 Å². The topological polar surface area (TPSA) is 12.0 Å². The molecule has 2 aromatic carbocycles. The number of hydrogen-bond donors (Lipinski definition) is 1. The SMILES string of the molecule is CC(C)CNCc1c(F)cccc1Sc1cccc(Cl)c1. The van der Waals surface area contributed by atoms with Crippen LogP contribution in [0.5, 0.6) is 0 Å². The van der Waals surface area contributed by atoms with Gasteiger partial charge >= 0.3 is 0 Å². The van der Waals surface area contributed by atoms with Crippen LogP contribution in [0.4, 0.5) is 4.39 Å². The zero-order chi connectivity index (χ0) is 15.2. The zero-order valence-electron chi connectivity index (χ0n) is 12.2. The van der Waals surface area contributed by atoms with Gasteiger partial charge in [-0.05, 0) is 42.8 Å². The molecule has 0 radical (unpaired) electrons. The normalized spacial score (nSPS) is 11.1. The Morgan fingerprint density at radius 1 is 1.19 bits per heavy atom. The molecule has 0 aliphatic carbocycles. The smallest absolute Gasteiger partial charge is 0.128 e. The van der Waals surface area contributed by atoms with Crippen LogP contribution >= 0.6 is 23.4 Å². The third-order valence-corrected chi connectivity index (χ3v) is 4.28. The van der Waals surface area contributed by atoms with Gasteiger partial charge in [0.05, 0.1) is 0 Å². The lowest BCUT2D eigenvalue weighted by molar-refractivity contribution is 0.530. The van der Waals surface area contributed by atoms with Crippen molar-refractivity contribution in [3.63, 3.8) is 0 Å². The predicted octanol–water partition coefficient (Wildman–Crippen LogP) is 5.38. The summed E-state index contributed by atoms with van der Waals surface area (Å²) in [5.41, 5.74) is 0.711. The molecular weight excluding hydrogens is 305 g/mol. The number of nitrogens with one attached hydrogen (secondary N) is 1. The van der Waals surface area contributed by atoms with Crippen LogP contribution in [0.1, 0.15) is 19.4 Å². The molecule has 0 aliphatic heterocycles. The minimum atomic E-state index is -0.168. The third-order valence-electron chi connectivity index (χ3n) is 2.95. The number of rotatable bonds is 6. The molecule has 1 nitrogen and oxygen atoms in total. The second-order valence-electron chi connectivity index (χ2n) is 5.30. The van der Waals surface area contributed by atoms with Crippen LogP contribution in [-0.4, -0.2) is 6.54 Å². The summed E-state index contributed by atoms with van der Waals surface area (Å²) in [7, 11) is 0. The van der Waals surface area contributed by atoms with Gasteiger partial charge in [0.15, 0.2) is 0 Å². The zero-order valence-corrected chi connectivity index (χ0v) is 13.8. The first-order chi connectivity index (χ1) is 10.1. The fraction of sp³-hybridized carbons (Fsp3) is 0.294. The Morgan fingerprint density at radius 3 is 2.67 bits per heavy atom. The van der Waals surface area contributed by atoms with Gasteiger partial charge in [0.25, 0.3) is 0 Å². The second-order valence-corrected chi connectivity index (χ2v) is 6.85. The van der Waals surface area contributed by atoms with Gasteiger partial charge in [0, 0.05) is 26.9 Å². The summed E-state index contributed by atoms with van der Waals surface area (Å²) in [5, 5.41) is 3.99. The standard InChI is InChI=1S/C17H19ClFNS/c1-12(2)10-20-11-15-16(19)7-4-8-17(15)21-14-6-3-5-13(18)9-14/h3-9,12,20H,10-11H2,1-2H3. The van der Waals surface area contributed by atoms with Crippen LogP contribution in [0, 0.1) is 11.7 Å². The van der Waals surface area contributed by atoms with Gasteiger partial charge in [-0.15, -0.1) is 0 Å². The molecule has 2 rings (SSSR count). The van der Waals surface area contributed by atoms with Crippen molar-refractivity contribution >= 4 is 23.4 Å². The van der Waals surface area contributed by atoms with Crippen molar-refractivity contribution < 1.29 is 4.39 Å². The summed E-state index contributed by atoms with van der Waals surface area (Å²) in [4.78, 5) is 1.94. The van der Waals surface area contributed by atoms with Crippen LogP contribution in [0.15, 0.2) is 52.3 Å². The van der Waals surface area contributed by atoms with Crippen molar-refractivity contribution in [2.45, 2.75) is 30.2 Å². The summed E-state index contributed by atoms with van der Waals surface area (Å²) in [6.45, 7) is 5.68. The van der Waals surface area contributed by atoms with Crippen molar-refractivity contribution in [1.29, 1.82) is 0 Å². The van der Waals surface area contributed by atoms with Crippen molar-refractivity contribution in [2.24, 2.45) is 5.92 Å². The van der Waals surface area contributed by atoms with E-state index in [4.69, 9.17) is 11.6 Å². The summed E-state index contributed by atoms with van der Waals surface area (Å²) in [6.07, 6.45) is 0. The molecule has 112 valence electrons. The predicted molar refractivity (Wildman–Crippen MR) is 88.5 cm³/mol. The molecule has 0 aliphatic rings. The number of halogens is 2. The number of benzene rings is 2. The van der Waals surface area contributed by atoms with E-state index >= 15 is 0 Å². The first-order valence-corrected chi connectivity index (χ1v) is 8.17. The molecular formula is C17H19ClFNS. The van der Waals surface area contributed by atoms with Gasteiger partial charge in [0.1, 0.15) is 5.82 Å². The van der Waals surface area contributed by atoms with E-state index in [-0.39, 0.29) is 5.82 Å². The highest BCUT2D eigenvalue weighted by molar-refractivity contribution is 7.99. The Kier molecular flexibility index (Phi) is 6.09. The lowest BCUT2D eigenvalue weighted by Crippen LogP contribution is -2.20. The van der Waals surface area contributed by atoms with Gasteiger partial charge in [-0.3, -0.25) is 0 Å². The summed E-state index contributed by atoms with van der Waals surface area (Å²) in [6, 6.07) is 12.8. The molecule has 0 amide bonds. The molecule has 21 heavy (non-hydrogen) atoms. The largest absolute Gasteiger partial charge is 0.312 e. The van der Waals surface area contributed by atoms with Gasteiger partial charge < -0.3 is 5.32 Å². The monoisotopic (exact) mass is 323 g/mol.